The van der Waals surface area contributed by atoms with E-state index in [-0.39, 0.29) is 5.91 Å². The van der Waals surface area contributed by atoms with Crippen molar-refractivity contribution in [2.45, 2.75) is 58.5 Å². The van der Waals surface area contributed by atoms with Crippen molar-refractivity contribution in [1.29, 1.82) is 0 Å². The molecule has 2 aliphatic heterocycles. The molecule has 8 nitrogen and oxygen atoms in total. The molecule has 0 aromatic carbocycles. The first-order chi connectivity index (χ1) is 13.0. The average molecular weight is 372 g/mol. The van der Waals surface area contributed by atoms with Crippen LogP contribution in [0, 0.1) is 13.8 Å². The van der Waals surface area contributed by atoms with Gasteiger partial charge in [0.1, 0.15) is 17.4 Å². The SMILES string of the molecule is Cc1noc(C)c1CC(=O)N1CCc2nnc([C@H]3CCCCN3C)n2CC1. The third-order valence-electron chi connectivity index (χ3n) is 5.99. The molecule has 0 N–H and O–H groups in total. The maximum Gasteiger partial charge on any atom is 0.227 e. The number of piperidine rings is 1. The molecule has 4 rings (SSSR count). The summed E-state index contributed by atoms with van der Waals surface area (Å²) in [5.74, 6) is 2.92. The fourth-order valence-electron chi connectivity index (χ4n) is 4.26. The summed E-state index contributed by atoms with van der Waals surface area (Å²) in [6.45, 7) is 6.98. The lowest BCUT2D eigenvalue weighted by Gasteiger charge is -2.32. The molecule has 8 heteroatoms. The van der Waals surface area contributed by atoms with Gasteiger partial charge >= 0.3 is 0 Å². The molecule has 1 saturated heterocycles. The van der Waals surface area contributed by atoms with Crippen molar-refractivity contribution in [2.75, 3.05) is 26.7 Å². The van der Waals surface area contributed by atoms with Crippen LogP contribution in [0.4, 0.5) is 0 Å². The Balaban J connectivity index is 1.46. The predicted molar refractivity (Wildman–Crippen MR) is 99.2 cm³/mol. The molecule has 4 heterocycles. The molecule has 0 saturated carbocycles. The summed E-state index contributed by atoms with van der Waals surface area (Å²) in [4.78, 5) is 17.2. The molecule has 2 aromatic heterocycles. The molecule has 0 radical (unpaired) electrons. The Hall–Kier alpha value is -2.22. The van der Waals surface area contributed by atoms with Crippen LogP contribution in [0.15, 0.2) is 4.52 Å². The summed E-state index contributed by atoms with van der Waals surface area (Å²) in [7, 11) is 2.17. The van der Waals surface area contributed by atoms with E-state index in [0.29, 0.717) is 25.6 Å². The predicted octanol–water partition coefficient (Wildman–Crippen LogP) is 1.67. The van der Waals surface area contributed by atoms with Crippen LogP contribution in [0.3, 0.4) is 0 Å². The topological polar surface area (TPSA) is 80.3 Å². The summed E-state index contributed by atoms with van der Waals surface area (Å²) in [5.41, 5.74) is 1.71. The lowest BCUT2D eigenvalue weighted by atomic mass is 10.0. The van der Waals surface area contributed by atoms with Crippen LogP contribution >= 0.6 is 0 Å². The number of aryl methyl sites for hydroxylation is 2. The van der Waals surface area contributed by atoms with Crippen molar-refractivity contribution in [3.63, 3.8) is 0 Å². The lowest BCUT2D eigenvalue weighted by Crippen LogP contribution is -2.35. The van der Waals surface area contributed by atoms with Gasteiger partial charge in [-0.15, -0.1) is 10.2 Å². The first kappa shape index (κ1) is 18.2. The van der Waals surface area contributed by atoms with Gasteiger partial charge in [-0.25, -0.2) is 0 Å². The normalized spacial score (nSPS) is 21.1. The average Bonchev–Trinajstić information content (AvgIpc) is 3.12. The number of amides is 1. The van der Waals surface area contributed by atoms with Gasteiger partial charge < -0.3 is 14.0 Å². The molecule has 0 aliphatic carbocycles. The van der Waals surface area contributed by atoms with E-state index in [1.807, 2.05) is 18.7 Å². The van der Waals surface area contributed by atoms with Crippen molar-refractivity contribution < 1.29 is 9.32 Å². The molecular weight excluding hydrogens is 344 g/mol. The molecule has 0 unspecified atom stereocenters. The van der Waals surface area contributed by atoms with Crippen molar-refractivity contribution in [3.8, 4) is 0 Å². The van der Waals surface area contributed by atoms with Gasteiger partial charge in [0.05, 0.1) is 18.2 Å². The molecule has 1 amide bonds. The van der Waals surface area contributed by atoms with E-state index in [2.05, 4.69) is 31.9 Å². The highest BCUT2D eigenvalue weighted by Gasteiger charge is 2.29. The largest absolute Gasteiger partial charge is 0.361 e. The number of hydrogen-bond donors (Lipinski definition) is 0. The van der Waals surface area contributed by atoms with Crippen LogP contribution in [0.5, 0.6) is 0 Å². The smallest absolute Gasteiger partial charge is 0.227 e. The Morgan fingerprint density at radius 3 is 2.74 bits per heavy atom. The molecule has 146 valence electrons. The van der Waals surface area contributed by atoms with E-state index in [1.165, 1.54) is 12.8 Å². The summed E-state index contributed by atoms with van der Waals surface area (Å²) in [6.07, 6.45) is 4.71. The minimum atomic E-state index is 0.124. The van der Waals surface area contributed by atoms with Gasteiger partial charge in [0.15, 0.2) is 0 Å². The van der Waals surface area contributed by atoms with E-state index in [0.717, 1.165) is 54.6 Å². The lowest BCUT2D eigenvalue weighted by molar-refractivity contribution is -0.130. The molecule has 27 heavy (non-hydrogen) atoms. The van der Waals surface area contributed by atoms with E-state index in [1.54, 1.807) is 0 Å². The Morgan fingerprint density at radius 1 is 1.15 bits per heavy atom. The molecule has 2 aliphatic rings. The van der Waals surface area contributed by atoms with E-state index in [9.17, 15) is 4.79 Å². The van der Waals surface area contributed by atoms with Crippen molar-refractivity contribution >= 4 is 5.91 Å². The summed E-state index contributed by atoms with van der Waals surface area (Å²) >= 11 is 0. The first-order valence-electron chi connectivity index (χ1n) is 9.86. The molecule has 0 spiro atoms. The monoisotopic (exact) mass is 372 g/mol. The van der Waals surface area contributed by atoms with Crippen LogP contribution in [-0.4, -0.2) is 62.3 Å². The second-order valence-corrected chi connectivity index (χ2v) is 7.73. The van der Waals surface area contributed by atoms with Gasteiger partial charge in [-0.2, -0.15) is 0 Å². The number of hydrogen-bond acceptors (Lipinski definition) is 6. The number of fused-ring (bicyclic) bond motifs is 1. The quantitative estimate of drug-likeness (QED) is 0.815. The van der Waals surface area contributed by atoms with E-state index >= 15 is 0 Å². The minimum Gasteiger partial charge on any atom is -0.361 e. The molecule has 2 aromatic rings. The van der Waals surface area contributed by atoms with Gasteiger partial charge in [0, 0.05) is 31.6 Å². The fraction of sp³-hybridized carbons (Fsp3) is 0.684. The third kappa shape index (κ3) is 3.50. The zero-order valence-electron chi connectivity index (χ0n) is 16.4. The van der Waals surface area contributed by atoms with Gasteiger partial charge in [0.25, 0.3) is 0 Å². The van der Waals surface area contributed by atoms with Gasteiger partial charge in [-0.1, -0.05) is 11.6 Å². The second kappa shape index (κ2) is 7.42. The zero-order valence-corrected chi connectivity index (χ0v) is 16.4. The third-order valence-corrected chi connectivity index (χ3v) is 5.99. The minimum absolute atomic E-state index is 0.124. The number of carbonyl (C=O) groups excluding carboxylic acids is 1. The van der Waals surface area contributed by atoms with E-state index in [4.69, 9.17) is 4.52 Å². The molecular formula is C19H28N6O2. The summed E-state index contributed by atoms with van der Waals surface area (Å²) < 4.78 is 7.44. The number of rotatable bonds is 3. The van der Waals surface area contributed by atoms with Gasteiger partial charge in [0.2, 0.25) is 5.91 Å². The van der Waals surface area contributed by atoms with Crippen molar-refractivity contribution in [3.05, 3.63) is 28.7 Å². The van der Waals surface area contributed by atoms with Gasteiger partial charge in [-0.05, 0) is 40.3 Å². The Labute approximate surface area is 159 Å². The number of aromatic nitrogens is 4. The fourth-order valence-corrected chi connectivity index (χ4v) is 4.26. The highest BCUT2D eigenvalue weighted by atomic mass is 16.5. The van der Waals surface area contributed by atoms with Crippen LogP contribution in [-0.2, 0) is 24.2 Å². The second-order valence-electron chi connectivity index (χ2n) is 7.73. The molecule has 0 bridgehead atoms. The number of nitrogens with zero attached hydrogens (tertiary/aromatic N) is 6. The standard InChI is InChI=1S/C19H28N6O2/c1-13-15(14(2)27-22-13)12-18(26)24-9-7-17-20-21-19(25(17)11-10-24)16-6-4-5-8-23(16)3/h16H,4-12H2,1-3H3/t16-/m1/s1. The maximum absolute atomic E-state index is 12.8. The molecule has 1 fully saturated rings. The summed E-state index contributed by atoms with van der Waals surface area (Å²) in [5, 5.41) is 12.9. The highest BCUT2D eigenvalue weighted by molar-refractivity contribution is 5.79. The number of carbonyl (C=O) groups is 1. The maximum atomic E-state index is 12.8. The van der Waals surface area contributed by atoms with Crippen LogP contribution in [0.1, 0.15) is 54.0 Å². The van der Waals surface area contributed by atoms with E-state index < -0.39 is 0 Å². The number of likely N-dealkylation sites (tertiary alicyclic amines) is 1. The van der Waals surface area contributed by atoms with Gasteiger partial charge in [-0.3, -0.25) is 9.69 Å². The van der Waals surface area contributed by atoms with Crippen LogP contribution in [0.25, 0.3) is 0 Å². The van der Waals surface area contributed by atoms with Crippen LogP contribution < -0.4 is 0 Å². The Morgan fingerprint density at radius 2 is 2.00 bits per heavy atom. The van der Waals surface area contributed by atoms with Crippen molar-refractivity contribution in [1.82, 2.24) is 29.7 Å². The molecule has 1 atom stereocenters. The van der Waals surface area contributed by atoms with Crippen molar-refractivity contribution in [2.24, 2.45) is 0 Å². The van der Waals surface area contributed by atoms with Crippen LogP contribution in [0.2, 0.25) is 0 Å². The zero-order chi connectivity index (χ0) is 19.0. The summed E-state index contributed by atoms with van der Waals surface area (Å²) in [6, 6.07) is 0.338. The first-order valence-corrected chi connectivity index (χ1v) is 9.86. The highest BCUT2D eigenvalue weighted by Crippen LogP contribution is 2.29. The Kier molecular flexibility index (Phi) is 4.99. The Bertz CT molecular complexity index is 807.